The highest BCUT2D eigenvalue weighted by atomic mass is 32.2. The summed E-state index contributed by atoms with van der Waals surface area (Å²) in [4.78, 5) is 14.6. The maximum absolute atomic E-state index is 13.4. The van der Waals surface area contributed by atoms with Crippen molar-refractivity contribution in [3.05, 3.63) is 65.2 Å². The predicted octanol–water partition coefficient (Wildman–Crippen LogP) is 2.72. The zero-order valence-corrected chi connectivity index (χ0v) is 15.1. The number of nitrogens with zero attached hydrogens (tertiary/aromatic N) is 2. The third-order valence-electron chi connectivity index (χ3n) is 5.36. The molecule has 25 heavy (non-hydrogen) atoms. The summed E-state index contributed by atoms with van der Waals surface area (Å²) in [5, 5.41) is 0. The van der Waals surface area contributed by atoms with E-state index in [1.807, 2.05) is 25.1 Å². The van der Waals surface area contributed by atoms with E-state index in [0.29, 0.717) is 18.5 Å². The lowest BCUT2D eigenvalue weighted by atomic mass is 9.97. The Morgan fingerprint density at radius 2 is 1.72 bits per heavy atom. The van der Waals surface area contributed by atoms with Crippen LogP contribution in [0.3, 0.4) is 0 Å². The molecule has 130 valence electrons. The molecule has 1 unspecified atom stereocenters. The normalized spacial score (nSPS) is 23.4. The van der Waals surface area contributed by atoms with Crippen molar-refractivity contribution in [2.75, 3.05) is 13.6 Å². The third-order valence-corrected chi connectivity index (χ3v) is 7.29. The first-order chi connectivity index (χ1) is 11.9. The quantitative estimate of drug-likeness (QED) is 0.831. The van der Waals surface area contributed by atoms with Crippen molar-refractivity contribution in [2.24, 2.45) is 0 Å². The van der Waals surface area contributed by atoms with Crippen molar-refractivity contribution in [1.29, 1.82) is 0 Å². The lowest BCUT2D eigenvalue weighted by Gasteiger charge is -2.40. The summed E-state index contributed by atoms with van der Waals surface area (Å²) in [6.45, 7) is 2.33. The van der Waals surface area contributed by atoms with E-state index in [-0.39, 0.29) is 10.8 Å². The molecular weight excluding hydrogens is 336 g/mol. The van der Waals surface area contributed by atoms with Gasteiger partial charge in [-0.25, -0.2) is 8.42 Å². The second-order valence-corrected chi connectivity index (χ2v) is 8.58. The van der Waals surface area contributed by atoms with Crippen molar-refractivity contribution in [2.45, 2.75) is 30.3 Å². The molecule has 1 amide bonds. The van der Waals surface area contributed by atoms with E-state index in [4.69, 9.17) is 0 Å². The lowest BCUT2D eigenvalue weighted by Crippen LogP contribution is -2.53. The second-order valence-electron chi connectivity index (χ2n) is 6.72. The standard InChI is InChI=1S/C19H20N2O3S/c1-14-8-10-15(11-9-14)25(23,24)21-13-5-12-19(21)17-7-4-3-6-16(17)18(22)20(19)2/h3-4,6-11H,5,12-13H2,1-2H3. The van der Waals surface area contributed by atoms with Gasteiger partial charge >= 0.3 is 0 Å². The highest BCUT2D eigenvalue weighted by Crippen LogP contribution is 2.49. The van der Waals surface area contributed by atoms with Crippen LogP contribution in [0.2, 0.25) is 0 Å². The molecule has 2 aliphatic rings. The molecule has 1 spiro atoms. The van der Waals surface area contributed by atoms with Crippen LogP contribution in [0.15, 0.2) is 53.4 Å². The lowest BCUT2D eigenvalue weighted by molar-refractivity contribution is 0.0376. The zero-order valence-electron chi connectivity index (χ0n) is 14.3. The van der Waals surface area contributed by atoms with Crippen molar-refractivity contribution >= 4 is 15.9 Å². The van der Waals surface area contributed by atoms with E-state index in [1.54, 1.807) is 42.3 Å². The van der Waals surface area contributed by atoms with E-state index < -0.39 is 15.7 Å². The van der Waals surface area contributed by atoms with Crippen LogP contribution in [0.1, 0.15) is 34.3 Å². The molecule has 4 rings (SSSR count). The van der Waals surface area contributed by atoms with Gasteiger partial charge in [0.05, 0.1) is 4.90 Å². The number of aryl methyl sites for hydroxylation is 1. The van der Waals surface area contributed by atoms with Gasteiger partial charge in [-0.3, -0.25) is 4.79 Å². The number of hydrogen-bond acceptors (Lipinski definition) is 3. The van der Waals surface area contributed by atoms with Gasteiger partial charge in [0.25, 0.3) is 5.91 Å². The van der Waals surface area contributed by atoms with Crippen molar-refractivity contribution in [1.82, 2.24) is 9.21 Å². The summed E-state index contributed by atoms with van der Waals surface area (Å²) in [6, 6.07) is 14.2. The van der Waals surface area contributed by atoms with Crippen LogP contribution < -0.4 is 0 Å². The molecule has 1 fully saturated rings. The number of benzene rings is 2. The molecule has 2 heterocycles. The predicted molar refractivity (Wildman–Crippen MR) is 94.5 cm³/mol. The Bertz CT molecular complexity index is 953. The van der Waals surface area contributed by atoms with Crippen LogP contribution in [0.25, 0.3) is 0 Å². The van der Waals surface area contributed by atoms with Gasteiger partial charge < -0.3 is 4.90 Å². The maximum Gasteiger partial charge on any atom is 0.255 e. The molecule has 0 saturated carbocycles. The van der Waals surface area contributed by atoms with Gasteiger partial charge in [0.15, 0.2) is 0 Å². The fourth-order valence-electron chi connectivity index (χ4n) is 4.09. The Kier molecular flexibility index (Phi) is 3.53. The molecule has 2 aromatic rings. The Balaban J connectivity index is 1.89. The fraction of sp³-hybridized carbons (Fsp3) is 0.316. The Morgan fingerprint density at radius 1 is 1.04 bits per heavy atom. The van der Waals surface area contributed by atoms with Gasteiger partial charge in [-0.05, 0) is 38.0 Å². The Labute approximate surface area is 147 Å². The summed E-state index contributed by atoms with van der Waals surface area (Å²) in [5.41, 5.74) is 1.47. The van der Waals surface area contributed by atoms with E-state index in [2.05, 4.69) is 0 Å². The summed E-state index contributed by atoms with van der Waals surface area (Å²) in [5.74, 6) is -0.124. The molecule has 0 aromatic heterocycles. The SMILES string of the molecule is Cc1ccc(S(=O)(=O)N2CCCC23c2ccccc2C(=O)N3C)cc1. The van der Waals surface area contributed by atoms with Crippen LogP contribution in [-0.2, 0) is 15.7 Å². The summed E-state index contributed by atoms with van der Waals surface area (Å²) in [7, 11) is -2.01. The van der Waals surface area contributed by atoms with Crippen LogP contribution in [0.4, 0.5) is 0 Å². The minimum atomic E-state index is -3.71. The topological polar surface area (TPSA) is 57.7 Å². The largest absolute Gasteiger partial charge is 0.318 e. The summed E-state index contributed by atoms with van der Waals surface area (Å²) in [6.07, 6.45) is 1.33. The molecule has 5 nitrogen and oxygen atoms in total. The highest BCUT2D eigenvalue weighted by Gasteiger charge is 2.57. The smallest absolute Gasteiger partial charge is 0.255 e. The van der Waals surface area contributed by atoms with E-state index in [9.17, 15) is 13.2 Å². The molecule has 0 radical (unpaired) electrons. The molecule has 6 heteroatoms. The summed E-state index contributed by atoms with van der Waals surface area (Å²) >= 11 is 0. The van der Waals surface area contributed by atoms with Crippen molar-refractivity contribution in [3.63, 3.8) is 0 Å². The second kappa shape index (κ2) is 5.41. The summed E-state index contributed by atoms with van der Waals surface area (Å²) < 4.78 is 28.2. The molecule has 2 aromatic carbocycles. The van der Waals surface area contributed by atoms with Gasteiger partial charge in [0, 0.05) is 24.7 Å². The zero-order chi connectivity index (χ0) is 17.8. The van der Waals surface area contributed by atoms with E-state index in [1.165, 1.54) is 4.31 Å². The maximum atomic E-state index is 13.4. The first-order valence-electron chi connectivity index (χ1n) is 8.36. The van der Waals surface area contributed by atoms with Crippen LogP contribution in [0, 0.1) is 6.92 Å². The monoisotopic (exact) mass is 356 g/mol. The number of carbonyl (C=O) groups is 1. The number of rotatable bonds is 2. The average Bonchev–Trinajstić information content (AvgIpc) is 3.14. The minimum Gasteiger partial charge on any atom is -0.318 e. The van der Waals surface area contributed by atoms with Gasteiger partial charge in [0.2, 0.25) is 10.0 Å². The molecule has 1 atom stereocenters. The highest BCUT2D eigenvalue weighted by molar-refractivity contribution is 7.89. The van der Waals surface area contributed by atoms with Gasteiger partial charge in [-0.1, -0.05) is 35.9 Å². The number of amides is 1. The minimum absolute atomic E-state index is 0.124. The molecular formula is C19H20N2O3S. The van der Waals surface area contributed by atoms with Crippen molar-refractivity contribution in [3.8, 4) is 0 Å². The Morgan fingerprint density at radius 3 is 2.44 bits per heavy atom. The van der Waals surface area contributed by atoms with Crippen LogP contribution in [-0.4, -0.2) is 37.1 Å². The first kappa shape index (κ1) is 16.3. The number of carbonyl (C=O) groups excluding carboxylic acids is 1. The molecule has 1 saturated heterocycles. The van der Waals surface area contributed by atoms with E-state index >= 15 is 0 Å². The third kappa shape index (κ3) is 2.10. The molecule has 0 N–H and O–H groups in total. The number of sulfonamides is 1. The average molecular weight is 356 g/mol. The van der Waals surface area contributed by atoms with E-state index in [0.717, 1.165) is 17.5 Å². The molecule has 0 aliphatic carbocycles. The first-order valence-corrected chi connectivity index (χ1v) is 9.80. The van der Waals surface area contributed by atoms with Gasteiger partial charge in [-0.2, -0.15) is 4.31 Å². The molecule has 2 aliphatic heterocycles. The fourth-order valence-corrected chi connectivity index (χ4v) is 5.90. The van der Waals surface area contributed by atoms with Crippen LogP contribution in [0.5, 0.6) is 0 Å². The van der Waals surface area contributed by atoms with Crippen molar-refractivity contribution < 1.29 is 13.2 Å². The van der Waals surface area contributed by atoms with Gasteiger partial charge in [0.1, 0.15) is 5.66 Å². The Hall–Kier alpha value is -2.18. The van der Waals surface area contributed by atoms with Crippen LogP contribution >= 0.6 is 0 Å². The van der Waals surface area contributed by atoms with Gasteiger partial charge in [-0.15, -0.1) is 0 Å². The number of hydrogen-bond donors (Lipinski definition) is 0. The molecule has 0 bridgehead atoms. The number of fused-ring (bicyclic) bond motifs is 2.